The zero-order valence-electron chi connectivity index (χ0n) is 17.6. The van der Waals surface area contributed by atoms with Crippen LogP contribution in [0.1, 0.15) is 51.9 Å². The topological polar surface area (TPSA) is 188 Å². The van der Waals surface area contributed by atoms with Gasteiger partial charge in [-0.1, -0.05) is 0 Å². The number of nitrogens with zero attached hydrogens (tertiary/aromatic N) is 1. The van der Waals surface area contributed by atoms with Crippen LogP contribution in [0, 0.1) is 0 Å². The monoisotopic (exact) mass is 429 g/mol. The molecule has 4 atom stereocenters. The summed E-state index contributed by atoms with van der Waals surface area (Å²) in [6.07, 6.45) is 3.88. The van der Waals surface area contributed by atoms with Gasteiger partial charge >= 0.3 is 5.97 Å². The van der Waals surface area contributed by atoms with Gasteiger partial charge in [0.15, 0.2) is 6.04 Å². The van der Waals surface area contributed by atoms with Crippen molar-refractivity contribution < 1.29 is 40.5 Å². The fourth-order valence-corrected chi connectivity index (χ4v) is 3.31. The number of nitrogens with one attached hydrogen (secondary N) is 2. The molecule has 0 aromatic rings. The van der Waals surface area contributed by atoms with Crippen molar-refractivity contribution >= 4 is 30.0 Å². The number of likely N-dealkylation sites (tertiary alicyclic amines) is 1. The lowest BCUT2D eigenvalue weighted by molar-refractivity contribution is -0.405. The Morgan fingerprint density at radius 3 is 2.47 bits per heavy atom. The summed E-state index contributed by atoms with van der Waals surface area (Å²) in [6.45, 7) is 2.67. The summed E-state index contributed by atoms with van der Waals surface area (Å²) >= 11 is 0. The first kappa shape index (κ1) is 25.5. The van der Waals surface area contributed by atoms with Gasteiger partial charge in [0.1, 0.15) is 18.4 Å². The minimum Gasteiger partial charge on any atom is -0.481 e. The van der Waals surface area contributed by atoms with E-state index in [9.17, 15) is 24.0 Å². The summed E-state index contributed by atoms with van der Waals surface area (Å²) in [7, 11) is 0. The number of hydrogen-bond donors (Lipinski definition) is 5. The Morgan fingerprint density at radius 2 is 1.87 bits per heavy atom. The lowest BCUT2D eigenvalue weighted by Gasteiger charge is -2.28. The van der Waals surface area contributed by atoms with E-state index in [0.29, 0.717) is 32.4 Å². The highest BCUT2D eigenvalue weighted by molar-refractivity contribution is 5.93. The first-order valence-electron chi connectivity index (χ1n) is 10.4. The van der Waals surface area contributed by atoms with E-state index >= 15 is 0 Å². The Bertz CT molecular complexity index is 629. The molecule has 0 saturated carbocycles. The molecule has 170 valence electrons. The third-order valence-corrected chi connectivity index (χ3v) is 5.18. The Hall–Kier alpha value is -2.53. The fourth-order valence-electron chi connectivity index (χ4n) is 3.31. The van der Waals surface area contributed by atoms with Crippen LogP contribution in [-0.4, -0.2) is 77.2 Å². The highest BCUT2D eigenvalue weighted by atomic mass is 16.4. The van der Waals surface area contributed by atoms with Gasteiger partial charge < -0.3 is 36.9 Å². The highest BCUT2D eigenvalue weighted by Gasteiger charge is 2.34. The van der Waals surface area contributed by atoms with Crippen LogP contribution in [0.5, 0.6) is 0 Å². The number of amides is 3. The van der Waals surface area contributed by atoms with Crippen molar-refractivity contribution in [3.05, 3.63) is 0 Å². The number of carbonyl (C=O) groups is 5. The SMILES string of the molecule is C[C@H](NC(=O)[C@@H]([NH3+])CCC(=O)O)C(=O)N[C@@H](CCCC[NH3+])C(=O)N1CCC[C@H]1C=O. The molecule has 1 aliphatic rings. The smallest absolute Gasteiger partial charge is 0.303 e. The minimum absolute atomic E-state index is 0.0592. The maximum absolute atomic E-state index is 12.9. The van der Waals surface area contributed by atoms with Crippen LogP contribution in [0.15, 0.2) is 0 Å². The highest BCUT2D eigenvalue weighted by Crippen LogP contribution is 2.18. The number of aliphatic carboxylic acids is 1. The number of hydrogen-bond acceptors (Lipinski definition) is 5. The van der Waals surface area contributed by atoms with E-state index in [-0.39, 0.29) is 18.7 Å². The predicted molar refractivity (Wildman–Crippen MR) is 105 cm³/mol. The normalized spacial score (nSPS) is 18.9. The molecule has 0 aromatic carbocycles. The Labute approximate surface area is 175 Å². The summed E-state index contributed by atoms with van der Waals surface area (Å²) in [6, 6.07) is -2.98. The minimum atomic E-state index is -1.03. The number of carbonyl (C=O) groups excluding carboxylic acids is 4. The average Bonchev–Trinajstić information content (AvgIpc) is 3.19. The number of carboxylic acids is 1. The van der Waals surface area contributed by atoms with Crippen molar-refractivity contribution in [1.29, 1.82) is 0 Å². The fraction of sp³-hybridized carbons (Fsp3) is 0.737. The van der Waals surface area contributed by atoms with E-state index in [4.69, 9.17) is 5.11 Å². The van der Waals surface area contributed by atoms with Gasteiger partial charge in [-0.15, -0.1) is 0 Å². The second-order valence-electron chi connectivity index (χ2n) is 7.65. The summed E-state index contributed by atoms with van der Waals surface area (Å²) in [5.74, 6) is -2.37. The van der Waals surface area contributed by atoms with Crippen LogP contribution >= 0.6 is 0 Å². The van der Waals surface area contributed by atoms with Crippen molar-refractivity contribution in [2.24, 2.45) is 0 Å². The molecular weight excluding hydrogens is 394 g/mol. The molecule has 1 aliphatic heterocycles. The molecule has 30 heavy (non-hydrogen) atoms. The molecule has 1 rings (SSSR count). The standard InChI is InChI=1S/C19H33N5O6/c1-12(22-18(29)14(21)7-8-16(26)27)17(28)23-15(6-2-3-9-20)19(30)24-10-4-5-13(24)11-25/h11-15H,2-10,20-21H2,1H3,(H,22,29)(H,23,28)(H,26,27)/p+2/t12-,13-,14-,15-/m0/s1. The van der Waals surface area contributed by atoms with E-state index in [1.807, 2.05) is 0 Å². The van der Waals surface area contributed by atoms with E-state index in [1.54, 1.807) is 0 Å². The Balaban J connectivity index is 2.71. The van der Waals surface area contributed by atoms with Crippen molar-refractivity contribution in [2.75, 3.05) is 13.1 Å². The van der Waals surface area contributed by atoms with Gasteiger partial charge in [-0.3, -0.25) is 19.2 Å². The molecule has 0 radical (unpaired) electrons. The second kappa shape index (κ2) is 12.9. The molecule has 11 nitrogen and oxygen atoms in total. The van der Waals surface area contributed by atoms with Crippen molar-refractivity contribution in [2.45, 2.75) is 76.0 Å². The van der Waals surface area contributed by atoms with Gasteiger partial charge in [0.2, 0.25) is 11.8 Å². The molecular formula is C19H35N5O6+2. The molecule has 9 N–H and O–H groups in total. The third-order valence-electron chi connectivity index (χ3n) is 5.18. The van der Waals surface area contributed by atoms with Crippen LogP contribution in [0.3, 0.4) is 0 Å². The third kappa shape index (κ3) is 8.07. The molecule has 1 saturated heterocycles. The van der Waals surface area contributed by atoms with Gasteiger partial charge in [0.05, 0.1) is 19.0 Å². The predicted octanol–water partition coefficient (Wildman–Crippen LogP) is -2.95. The zero-order chi connectivity index (χ0) is 22.7. The molecule has 0 bridgehead atoms. The van der Waals surface area contributed by atoms with Gasteiger partial charge in [0, 0.05) is 13.0 Å². The van der Waals surface area contributed by atoms with Crippen molar-refractivity contribution in [1.82, 2.24) is 15.5 Å². The molecule has 1 heterocycles. The zero-order valence-corrected chi connectivity index (χ0v) is 17.6. The summed E-state index contributed by atoms with van der Waals surface area (Å²) in [5, 5.41) is 13.9. The van der Waals surface area contributed by atoms with Gasteiger partial charge in [0.25, 0.3) is 5.91 Å². The lowest BCUT2D eigenvalue weighted by Crippen LogP contribution is -2.68. The quantitative estimate of drug-likeness (QED) is 0.154. The van der Waals surface area contributed by atoms with E-state index in [0.717, 1.165) is 19.1 Å². The molecule has 1 fully saturated rings. The van der Waals surface area contributed by atoms with Crippen molar-refractivity contribution in [3.63, 3.8) is 0 Å². The van der Waals surface area contributed by atoms with Gasteiger partial charge in [-0.05, 0) is 39.0 Å². The number of carboxylic acid groups (broad SMARTS) is 1. The molecule has 0 aromatic heterocycles. The number of unbranched alkanes of at least 4 members (excludes halogenated alkanes) is 1. The average molecular weight is 430 g/mol. The van der Waals surface area contributed by atoms with E-state index < -0.39 is 42.0 Å². The summed E-state index contributed by atoms with van der Waals surface area (Å²) in [5.41, 5.74) is 7.40. The first-order valence-corrected chi connectivity index (χ1v) is 10.4. The van der Waals surface area contributed by atoms with Crippen LogP contribution in [0.4, 0.5) is 0 Å². The molecule has 3 amide bonds. The van der Waals surface area contributed by atoms with Crippen LogP contribution in [-0.2, 0) is 24.0 Å². The Kier molecular flexibility index (Phi) is 11.0. The number of aldehydes is 1. The maximum Gasteiger partial charge on any atom is 0.303 e. The summed E-state index contributed by atoms with van der Waals surface area (Å²) < 4.78 is 0. The molecule has 0 aliphatic carbocycles. The number of rotatable bonds is 13. The van der Waals surface area contributed by atoms with Gasteiger partial charge in [-0.2, -0.15) is 0 Å². The van der Waals surface area contributed by atoms with E-state index in [2.05, 4.69) is 22.1 Å². The molecule has 11 heteroatoms. The van der Waals surface area contributed by atoms with E-state index in [1.165, 1.54) is 11.8 Å². The largest absolute Gasteiger partial charge is 0.481 e. The first-order chi connectivity index (χ1) is 14.2. The molecule has 0 unspecified atom stereocenters. The van der Waals surface area contributed by atoms with Crippen LogP contribution in [0.2, 0.25) is 0 Å². The second-order valence-corrected chi connectivity index (χ2v) is 7.65. The number of quaternary nitrogens is 2. The maximum atomic E-state index is 12.9. The molecule has 0 spiro atoms. The van der Waals surface area contributed by atoms with Crippen molar-refractivity contribution in [3.8, 4) is 0 Å². The van der Waals surface area contributed by atoms with Crippen LogP contribution in [0.25, 0.3) is 0 Å². The van der Waals surface area contributed by atoms with Crippen LogP contribution < -0.4 is 22.1 Å². The Morgan fingerprint density at radius 1 is 1.17 bits per heavy atom. The lowest BCUT2D eigenvalue weighted by atomic mass is 10.1. The van der Waals surface area contributed by atoms with Gasteiger partial charge in [-0.25, -0.2) is 0 Å². The summed E-state index contributed by atoms with van der Waals surface area (Å²) in [4.78, 5) is 61.0.